The second-order valence-corrected chi connectivity index (χ2v) is 3.29. The van der Waals surface area contributed by atoms with Crippen LogP contribution in [0.5, 0.6) is 0 Å². The Morgan fingerprint density at radius 2 is 2.25 bits per heavy atom. The van der Waals surface area contributed by atoms with Crippen LogP contribution in [-0.4, -0.2) is 26.9 Å². The van der Waals surface area contributed by atoms with E-state index in [0.717, 1.165) is 0 Å². The Kier molecular flexibility index (Phi) is 1.24. The fourth-order valence-electron chi connectivity index (χ4n) is 0.495. The highest BCUT2D eigenvalue weighted by Gasteiger charge is 2.28. The van der Waals surface area contributed by atoms with Gasteiger partial charge in [-0.2, -0.15) is 8.42 Å². The predicted molar refractivity (Wildman–Crippen MR) is 24.6 cm³/mol. The number of halogens is 1. The molecule has 0 saturated carbocycles. The summed E-state index contributed by atoms with van der Waals surface area (Å²) in [6.45, 7) is -0.303. The van der Waals surface area contributed by atoms with Crippen molar-refractivity contribution < 1.29 is 17.0 Å². The monoisotopic (exact) mass is 140 g/mol. The van der Waals surface area contributed by atoms with Gasteiger partial charge < -0.3 is 0 Å². The molecule has 0 aromatic rings. The molecule has 1 atom stereocenters. The fraction of sp³-hybridized carbons (Fsp3) is 1.00. The van der Waals surface area contributed by atoms with Crippen LogP contribution in [0.3, 0.4) is 0 Å². The number of rotatable bonds is 0. The smallest absolute Gasteiger partial charge is 0.267 e. The zero-order valence-corrected chi connectivity index (χ0v) is 4.82. The molecule has 1 unspecified atom stereocenters. The van der Waals surface area contributed by atoms with Crippen molar-refractivity contribution in [1.29, 1.82) is 0 Å². The van der Waals surface area contributed by atoms with E-state index < -0.39 is 22.0 Å². The zero-order chi connectivity index (χ0) is 6.20. The Labute approximate surface area is 46.6 Å². The van der Waals surface area contributed by atoms with Crippen LogP contribution in [0.15, 0.2) is 0 Å². The van der Waals surface area contributed by atoms with E-state index in [9.17, 15) is 12.8 Å². The maximum atomic E-state index is 11.9. The van der Waals surface area contributed by atoms with Gasteiger partial charge >= 0.3 is 0 Å². The first kappa shape index (κ1) is 5.97. The summed E-state index contributed by atoms with van der Waals surface area (Å²) in [7, 11) is -3.47. The average Bonchev–Trinajstić information content (AvgIpc) is 1.82. The van der Waals surface area contributed by atoms with E-state index in [2.05, 4.69) is 4.18 Å². The lowest BCUT2D eigenvalue weighted by Gasteiger charge is -1.83. The van der Waals surface area contributed by atoms with Crippen molar-refractivity contribution in [3.8, 4) is 0 Å². The normalized spacial score (nSPS) is 35.4. The van der Waals surface area contributed by atoms with Crippen LogP contribution in [0.4, 0.5) is 4.39 Å². The molecule has 1 rings (SSSR count). The van der Waals surface area contributed by atoms with Crippen molar-refractivity contribution in [2.24, 2.45) is 0 Å². The summed E-state index contributed by atoms with van der Waals surface area (Å²) >= 11 is 0. The fourth-order valence-corrected chi connectivity index (χ4v) is 1.49. The second kappa shape index (κ2) is 1.66. The van der Waals surface area contributed by atoms with Crippen LogP contribution < -0.4 is 0 Å². The minimum absolute atomic E-state index is 0.303. The van der Waals surface area contributed by atoms with Crippen LogP contribution in [0.1, 0.15) is 0 Å². The molecule has 0 amide bonds. The average molecular weight is 140 g/mol. The highest BCUT2D eigenvalue weighted by Crippen LogP contribution is 2.09. The van der Waals surface area contributed by atoms with Gasteiger partial charge in [-0.1, -0.05) is 0 Å². The molecular formula is C3H5FO3S. The number of hydrogen-bond donors (Lipinski definition) is 0. The van der Waals surface area contributed by atoms with Crippen molar-refractivity contribution in [2.75, 3.05) is 12.4 Å². The summed E-state index contributed by atoms with van der Waals surface area (Å²) in [5, 5.41) is 0. The number of hydrogen-bond acceptors (Lipinski definition) is 3. The Bertz CT molecular complexity index is 173. The highest BCUT2D eigenvalue weighted by atomic mass is 32.2. The Morgan fingerprint density at radius 3 is 2.38 bits per heavy atom. The van der Waals surface area contributed by atoms with Crippen molar-refractivity contribution in [2.45, 2.75) is 6.17 Å². The summed E-state index contributed by atoms with van der Waals surface area (Å²) in [4.78, 5) is 0. The largest absolute Gasteiger partial charge is 0.270 e. The second-order valence-electron chi connectivity index (χ2n) is 1.61. The molecule has 0 N–H and O–H groups in total. The first-order chi connectivity index (χ1) is 3.60. The minimum atomic E-state index is -3.47. The van der Waals surface area contributed by atoms with E-state index in [0.29, 0.717) is 0 Å². The van der Waals surface area contributed by atoms with Crippen molar-refractivity contribution in [3.05, 3.63) is 0 Å². The quantitative estimate of drug-likeness (QED) is 0.433. The predicted octanol–water partition coefficient (Wildman–Crippen LogP) is -0.316. The van der Waals surface area contributed by atoms with Gasteiger partial charge in [0.05, 0.1) is 6.61 Å². The van der Waals surface area contributed by atoms with Gasteiger partial charge in [-0.3, -0.25) is 4.18 Å². The lowest BCUT2D eigenvalue weighted by molar-refractivity contribution is 0.258. The summed E-state index contributed by atoms with van der Waals surface area (Å²) < 4.78 is 36.3. The van der Waals surface area contributed by atoms with Crippen LogP contribution in [0.25, 0.3) is 0 Å². The molecule has 0 radical (unpaired) electrons. The van der Waals surface area contributed by atoms with E-state index in [1.54, 1.807) is 0 Å². The van der Waals surface area contributed by atoms with Gasteiger partial charge in [-0.25, -0.2) is 4.39 Å². The van der Waals surface area contributed by atoms with Crippen LogP contribution >= 0.6 is 0 Å². The molecule has 8 heavy (non-hydrogen) atoms. The zero-order valence-electron chi connectivity index (χ0n) is 4.00. The molecule has 0 spiro atoms. The molecule has 48 valence electrons. The van der Waals surface area contributed by atoms with Crippen molar-refractivity contribution in [1.82, 2.24) is 0 Å². The van der Waals surface area contributed by atoms with Crippen molar-refractivity contribution >= 4 is 10.1 Å². The molecule has 0 bridgehead atoms. The number of alkyl halides is 1. The van der Waals surface area contributed by atoms with E-state index in [4.69, 9.17) is 0 Å². The molecule has 1 saturated heterocycles. The van der Waals surface area contributed by atoms with Gasteiger partial charge in [-0.15, -0.1) is 0 Å². The van der Waals surface area contributed by atoms with Crippen molar-refractivity contribution in [3.63, 3.8) is 0 Å². The molecule has 1 aliphatic heterocycles. The van der Waals surface area contributed by atoms with E-state index >= 15 is 0 Å². The van der Waals surface area contributed by atoms with Gasteiger partial charge in [0, 0.05) is 0 Å². The van der Waals surface area contributed by atoms with Crippen LogP contribution in [0.2, 0.25) is 0 Å². The molecular weight excluding hydrogens is 135 g/mol. The van der Waals surface area contributed by atoms with Gasteiger partial charge in [0.1, 0.15) is 11.9 Å². The lowest BCUT2D eigenvalue weighted by Crippen LogP contribution is -2.04. The highest BCUT2D eigenvalue weighted by molar-refractivity contribution is 7.87. The van der Waals surface area contributed by atoms with E-state index in [1.807, 2.05) is 0 Å². The summed E-state index contributed by atoms with van der Waals surface area (Å²) in [5.41, 5.74) is 0. The van der Waals surface area contributed by atoms with Gasteiger partial charge in [0.15, 0.2) is 0 Å². The molecule has 1 aliphatic rings. The molecule has 3 nitrogen and oxygen atoms in total. The maximum Gasteiger partial charge on any atom is 0.270 e. The summed E-state index contributed by atoms with van der Waals surface area (Å²) in [6.07, 6.45) is -1.32. The third-order valence-electron chi connectivity index (χ3n) is 0.813. The maximum absolute atomic E-state index is 11.9. The lowest BCUT2D eigenvalue weighted by atomic mass is 10.5. The first-order valence-corrected chi connectivity index (χ1v) is 3.69. The van der Waals surface area contributed by atoms with Gasteiger partial charge in [0.25, 0.3) is 10.1 Å². The molecule has 5 heteroatoms. The van der Waals surface area contributed by atoms with Crippen LogP contribution in [0, 0.1) is 0 Å². The topological polar surface area (TPSA) is 43.4 Å². The van der Waals surface area contributed by atoms with E-state index in [-0.39, 0.29) is 6.61 Å². The Balaban J connectivity index is 2.71. The Hall–Kier alpha value is -0.160. The van der Waals surface area contributed by atoms with Gasteiger partial charge in [-0.05, 0) is 0 Å². The van der Waals surface area contributed by atoms with Crippen LogP contribution in [-0.2, 0) is 14.3 Å². The standard InChI is InChI=1S/C3H5FO3S/c4-3-1-7-8(5,6)2-3/h3H,1-2H2. The summed E-state index contributed by atoms with van der Waals surface area (Å²) in [6, 6.07) is 0. The third kappa shape index (κ3) is 1.16. The Morgan fingerprint density at radius 1 is 1.62 bits per heavy atom. The van der Waals surface area contributed by atoms with E-state index in [1.165, 1.54) is 0 Å². The molecule has 0 aromatic heterocycles. The molecule has 1 fully saturated rings. The molecule has 0 aromatic carbocycles. The SMILES string of the molecule is O=S1(=O)CC(F)CO1. The minimum Gasteiger partial charge on any atom is -0.267 e. The third-order valence-corrected chi connectivity index (χ3v) is 2.08. The molecule has 0 aliphatic carbocycles. The first-order valence-electron chi connectivity index (χ1n) is 2.11. The van der Waals surface area contributed by atoms with Gasteiger partial charge in [0.2, 0.25) is 0 Å². The summed E-state index contributed by atoms with van der Waals surface area (Å²) in [5.74, 6) is -0.479. The molecule has 1 heterocycles.